The number of rotatable bonds is 8. The predicted octanol–water partition coefficient (Wildman–Crippen LogP) is 26.0. The van der Waals surface area contributed by atoms with Crippen LogP contribution in [0, 0.1) is 0 Å². The van der Waals surface area contributed by atoms with Crippen LogP contribution in [-0.2, 0) is 27.1 Å². The van der Waals surface area contributed by atoms with Gasteiger partial charge in [0, 0.05) is 61.5 Å². The number of benzene rings is 15. The van der Waals surface area contributed by atoms with Crippen molar-refractivity contribution < 1.29 is 0 Å². The lowest BCUT2D eigenvalue weighted by molar-refractivity contribution is 0.590. The number of anilines is 6. The monoisotopic (exact) mass is 1340 g/mol. The zero-order valence-corrected chi connectivity index (χ0v) is 62.9. The maximum Gasteiger partial charge on any atom is 0.252 e. The number of hydrogen-bond donors (Lipinski definition) is 0. The predicted molar refractivity (Wildman–Crippen MR) is 450 cm³/mol. The molecule has 0 saturated carbocycles. The Labute approximate surface area is 614 Å². The van der Waals surface area contributed by atoms with Crippen molar-refractivity contribution >= 4 is 111 Å². The first-order valence-corrected chi connectivity index (χ1v) is 37.5. The van der Waals surface area contributed by atoms with Crippen molar-refractivity contribution in [1.82, 2.24) is 4.57 Å². The summed E-state index contributed by atoms with van der Waals surface area (Å²) < 4.78 is 2.60. The normalized spacial score (nSPS) is 13.5. The molecule has 2 aliphatic rings. The highest BCUT2D eigenvalue weighted by Crippen LogP contribution is 2.57. The number of nitrogens with zero attached hydrogens (tertiary/aromatic N) is 3. The molecule has 0 saturated heterocycles. The molecular formula is C100H90BN3. The highest BCUT2D eigenvalue weighted by Gasteiger charge is 2.47. The number of fused-ring (bicyclic) bond motifs is 5. The van der Waals surface area contributed by atoms with E-state index >= 15 is 0 Å². The fourth-order valence-corrected chi connectivity index (χ4v) is 17.3. The molecule has 0 spiro atoms. The standard InChI is InChI=1S/C100H90BN3/c1-96(2,3)69-44-37-64(38-45-69)79-56-72(99(10,11)12)57-80(65-39-46-70(47-40-65)97(4,5)6)95(79)103-85-53-68(61-27-19-16-20-28-61)41-49-81(85)101-82-50-48-74(102-83-51-42-66-33-25-35-75-76-36-26-34-67-43-52-84(102)92(90(67)76)91(83)89(66)75)60-86(82)104(88-59-73(100(13,14)15)58-87(103)93(88)101)94-77(62-29-21-17-22-30-62)54-71(98(7,8)9)55-78(94)63-31-23-18-24-32-63/h16-60H,1-15H3. The zero-order valence-electron chi connectivity index (χ0n) is 62.9. The minimum atomic E-state index is -0.320. The minimum Gasteiger partial charge on any atom is -0.310 e. The van der Waals surface area contributed by atoms with Gasteiger partial charge in [-0.1, -0.05) is 310 Å². The Hall–Kier alpha value is -10.9. The summed E-state index contributed by atoms with van der Waals surface area (Å²) in [5.74, 6) is 0. The molecule has 508 valence electrons. The van der Waals surface area contributed by atoms with Crippen LogP contribution in [0.25, 0.3) is 115 Å². The summed E-state index contributed by atoms with van der Waals surface area (Å²) in [4.78, 5) is 5.52. The Morgan fingerprint density at radius 1 is 0.250 bits per heavy atom. The fraction of sp³-hybridized carbons (Fsp3) is 0.200. The van der Waals surface area contributed by atoms with E-state index in [0.717, 1.165) is 22.7 Å². The summed E-state index contributed by atoms with van der Waals surface area (Å²) >= 11 is 0. The van der Waals surface area contributed by atoms with Gasteiger partial charge in [0.1, 0.15) is 0 Å². The third kappa shape index (κ3) is 10.4. The summed E-state index contributed by atoms with van der Waals surface area (Å²) in [6.45, 7) is 35.2. The third-order valence-electron chi connectivity index (χ3n) is 23.0. The van der Waals surface area contributed by atoms with Crippen LogP contribution in [0.4, 0.5) is 34.1 Å². The summed E-state index contributed by atoms with van der Waals surface area (Å²) in [5.41, 5.74) is 31.8. The molecule has 2 aliphatic heterocycles. The first-order chi connectivity index (χ1) is 49.8. The molecule has 0 unspecified atom stereocenters. The second-order valence-electron chi connectivity index (χ2n) is 35.0. The van der Waals surface area contributed by atoms with Crippen LogP contribution in [0.15, 0.2) is 273 Å². The van der Waals surface area contributed by atoms with Crippen LogP contribution >= 0.6 is 0 Å². The van der Waals surface area contributed by atoms with Gasteiger partial charge in [-0.25, -0.2) is 0 Å². The molecule has 0 radical (unpaired) electrons. The molecule has 1 aromatic heterocycles. The van der Waals surface area contributed by atoms with Gasteiger partial charge in [-0.3, -0.25) is 0 Å². The lowest BCUT2D eigenvalue weighted by Gasteiger charge is -2.47. The molecular weight excluding hydrogens is 1250 g/mol. The van der Waals surface area contributed by atoms with E-state index in [-0.39, 0.29) is 33.8 Å². The van der Waals surface area contributed by atoms with Crippen molar-refractivity contribution in [2.24, 2.45) is 0 Å². The molecule has 0 atom stereocenters. The van der Waals surface area contributed by atoms with Crippen LogP contribution in [0.2, 0.25) is 0 Å². The van der Waals surface area contributed by atoms with E-state index in [4.69, 9.17) is 0 Å². The molecule has 18 rings (SSSR count). The Morgan fingerprint density at radius 2 is 0.606 bits per heavy atom. The fourth-order valence-electron chi connectivity index (χ4n) is 17.3. The minimum absolute atomic E-state index is 0.0403. The van der Waals surface area contributed by atoms with Crippen molar-refractivity contribution in [2.45, 2.75) is 131 Å². The third-order valence-corrected chi connectivity index (χ3v) is 23.0. The molecule has 104 heavy (non-hydrogen) atoms. The Bertz CT molecular complexity index is 5840. The lowest BCUT2D eigenvalue weighted by Crippen LogP contribution is -2.61. The molecule has 0 bridgehead atoms. The maximum atomic E-state index is 2.76. The Morgan fingerprint density at radius 3 is 1.01 bits per heavy atom. The average Bonchev–Trinajstić information content (AvgIpc) is 1.15. The lowest BCUT2D eigenvalue weighted by atomic mass is 9.33. The Kier molecular flexibility index (Phi) is 14.6. The van der Waals surface area contributed by atoms with Gasteiger partial charge in [0.15, 0.2) is 0 Å². The van der Waals surface area contributed by atoms with Crippen molar-refractivity contribution in [3.05, 3.63) is 301 Å². The molecule has 0 aliphatic carbocycles. The molecule has 0 N–H and O–H groups in total. The molecule has 3 nitrogen and oxygen atoms in total. The highest BCUT2D eigenvalue weighted by molar-refractivity contribution is 7.00. The van der Waals surface area contributed by atoms with Crippen LogP contribution in [0.5, 0.6) is 0 Å². The summed E-state index contributed by atoms with van der Waals surface area (Å²) in [6.07, 6.45) is 0. The van der Waals surface area contributed by atoms with Gasteiger partial charge in [0.05, 0.1) is 22.4 Å². The van der Waals surface area contributed by atoms with Gasteiger partial charge in [0.25, 0.3) is 6.71 Å². The van der Waals surface area contributed by atoms with E-state index in [0.29, 0.717) is 0 Å². The molecule has 0 amide bonds. The van der Waals surface area contributed by atoms with E-state index in [1.165, 1.54) is 171 Å². The summed E-state index contributed by atoms with van der Waals surface area (Å²) in [7, 11) is 0. The molecule has 0 fully saturated rings. The summed E-state index contributed by atoms with van der Waals surface area (Å²) in [5, 5.41) is 10.4. The van der Waals surface area contributed by atoms with E-state index in [2.05, 4.69) is 391 Å². The van der Waals surface area contributed by atoms with Crippen molar-refractivity contribution in [1.29, 1.82) is 0 Å². The van der Waals surface area contributed by atoms with Crippen LogP contribution in [0.3, 0.4) is 0 Å². The topological polar surface area (TPSA) is 11.4 Å². The van der Waals surface area contributed by atoms with Crippen molar-refractivity contribution in [3.8, 4) is 61.3 Å². The van der Waals surface area contributed by atoms with Crippen molar-refractivity contribution in [3.63, 3.8) is 0 Å². The number of hydrogen-bond acceptors (Lipinski definition) is 2. The van der Waals surface area contributed by atoms with E-state index in [9.17, 15) is 0 Å². The molecule has 4 heteroatoms. The zero-order chi connectivity index (χ0) is 71.8. The second kappa shape index (κ2) is 23.3. The van der Waals surface area contributed by atoms with E-state index < -0.39 is 0 Å². The van der Waals surface area contributed by atoms with Gasteiger partial charge in [-0.2, -0.15) is 0 Å². The largest absolute Gasteiger partial charge is 0.310 e. The van der Waals surface area contributed by atoms with E-state index in [1.54, 1.807) is 0 Å². The van der Waals surface area contributed by atoms with E-state index in [1.807, 2.05) is 0 Å². The first-order valence-electron chi connectivity index (χ1n) is 37.5. The smallest absolute Gasteiger partial charge is 0.252 e. The average molecular weight is 1340 g/mol. The van der Waals surface area contributed by atoms with Crippen LogP contribution < -0.4 is 26.2 Å². The van der Waals surface area contributed by atoms with Gasteiger partial charge in [-0.05, 0) is 204 Å². The quantitative estimate of drug-likeness (QED) is 0.0853. The van der Waals surface area contributed by atoms with Gasteiger partial charge < -0.3 is 14.4 Å². The van der Waals surface area contributed by atoms with Gasteiger partial charge in [-0.15, -0.1) is 0 Å². The van der Waals surface area contributed by atoms with Gasteiger partial charge >= 0.3 is 0 Å². The van der Waals surface area contributed by atoms with Crippen LogP contribution in [-0.4, -0.2) is 11.3 Å². The van der Waals surface area contributed by atoms with Gasteiger partial charge in [0.2, 0.25) is 0 Å². The Balaban J connectivity index is 1.02. The molecule has 16 aromatic rings. The maximum absolute atomic E-state index is 2.76. The first kappa shape index (κ1) is 65.1. The van der Waals surface area contributed by atoms with Crippen LogP contribution in [0.1, 0.15) is 132 Å². The second-order valence-corrected chi connectivity index (χ2v) is 35.0. The summed E-state index contributed by atoms with van der Waals surface area (Å²) in [6, 6.07) is 106. The molecule has 3 heterocycles. The van der Waals surface area contributed by atoms with Crippen molar-refractivity contribution in [2.75, 3.05) is 9.80 Å². The number of aromatic nitrogens is 1. The SMILES string of the molecule is CC(C)(C)c1ccc(-c2cc(C(C)(C)C)cc(-c3ccc(C(C)(C)C)cc3)c2N2c3cc(-c4ccccc4)ccc3B3c4ccc(-n5c6ccc7cccc8c9cccc%10ccc5c(c%109)c6c78)cc4N(c4c(-c5ccccc5)cc(C(C)(C)C)cc4-c4ccccc4)c4cc(C(C)(C)C)cc2c43)cc1. The molecule has 15 aromatic carbocycles. The highest BCUT2D eigenvalue weighted by atomic mass is 15.2.